The van der Waals surface area contributed by atoms with Gasteiger partial charge in [0.1, 0.15) is 6.04 Å². The summed E-state index contributed by atoms with van der Waals surface area (Å²) < 4.78 is 16.2. The van der Waals surface area contributed by atoms with Crippen LogP contribution >= 0.6 is 31.9 Å². The van der Waals surface area contributed by atoms with E-state index < -0.39 is 12.0 Å². The Labute approximate surface area is 232 Å². The van der Waals surface area contributed by atoms with Crippen LogP contribution in [0.4, 0.5) is 0 Å². The number of alkyl halides is 2. The first-order valence-corrected chi connectivity index (χ1v) is 13.9. The topological polar surface area (TPSA) is 140 Å². The molecule has 1 aromatic heterocycles. The fourth-order valence-corrected chi connectivity index (χ4v) is 3.98. The van der Waals surface area contributed by atoms with E-state index in [0.717, 1.165) is 16.9 Å². The molecule has 0 unspecified atom stereocenters. The van der Waals surface area contributed by atoms with Crippen LogP contribution < -0.4 is 5.32 Å². The summed E-state index contributed by atoms with van der Waals surface area (Å²) in [6.07, 6.45) is 0.103. The molecule has 0 bridgehead atoms. The van der Waals surface area contributed by atoms with Crippen molar-refractivity contribution in [2.24, 2.45) is 0 Å². The molecule has 0 radical (unpaired) electrons. The number of carbonyl (C=O) groups is 3. The van der Waals surface area contributed by atoms with Crippen molar-refractivity contribution in [2.45, 2.75) is 30.0 Å². The van der Waals surface area contributed by atoms with Gasteiger partial charge in [0.25, 0.3) is 5.91 Å². The van der Waals surface area contributed by atoms with E-state index in [1.165, 1.54) is 18.9 Å². The lowest BCUT2D eigenvalue weighted by molar-refractivity contribution is -0.148. The molecule has 1 heterocycles. The van der Waals surface area contributed by atoms with Gasteiger partial charge in [-0.2, -0.15) is 0 Å². The zero-order chi connectivity index (χ0) is 27.2. The van der Waals surface area contributed by atoms with Crippen LogP contribution in [0.25, 0.3) is 11.0 Å². The predicted molar refractivity (Wildman–Crippen MR) is 144 cm³/mol. The smallest absolute Gasteiger partial charge is 0.326 e. The number of carboxylic acid groups (broad SMARTS) is 1. The van der Waals surface area contributed by atoms with Crippen LogP contribution in [-0.2, 0) is 34.5 Å². The second kappa shape index (κ2) is 16.6. The molecule has 1 aromatic carbocycles. The molecule has 0 aliphatic heterocycles. The molecule has 13 heteroatoms. The zero-order valence-electron chi connectivity index (χ0n) is 20.9. The van der Waals surface area contributed by atoms with Gasteiger partial charge in [0.2, 0.25) is 5.91 Å². The van der Waals surface area contributed by atoms with Crippen LogP contribution in [0.15, 0.2) is 18.2 Å². The van der Waals surface area contributed by atoms with Crippen molar-refractivity contribution in [2.75, 3.05) is 53.2 Å². The predicted octanol–water partition coefficient (Wildman–Crippen LogP) is 2.52. The number of aromatic nitrogens is 2. The summed E-state index contributed by atoms with van der Waals surface area (Å²) in [6, 6.07) is 4.36. The molecule has 0 spiro atoms. The molecule has 0 aliphatic carbocycles. The molecule has 37 heavy (non-hydrogen) atoms. The highest BCUT2D eigenvalue weighted by Gasteiger charge is 2.21. The number of hydrogen-bond donors (Lipinski definition) is 2. The van der Waals surface area contributed by atoms with Crippen molar-refractivity contribution in [1.29, 1.82) is 0 Å². The summed E-state index contributed by atoms with van der Waals surface area (Å²) in [5, 5.41) is 12.9. The van der Waals surface area contributed by atoms with E-state index in [9.17, 15) is 14.4 Å². The minimum absolute atomic E-state index is 0.103. The molecule has 0 fully saturated rings. The lowest BCUT2D eigenvalue weighted by atomic mass is 10.1. The van der Waals surface area contributed by atoms with Gasteiger partial charge in [0.15, 0.2) is 0 Å². The van der Waals surface area contributed by atoms with Crippen LogP contribution in [0.3, 0.4) is 0 Å². The lowest BCUT2D eigenvalue weighted by Gasteiger charge is -2.21. The first-order chi connectivity index (χ1) is 17.8. The largest absolute Gasteiger partial charge is 0.480 e. The number of hydrogen-bond acceptors (Lipinski definition) is 8. The summed E-state index contributed by atoms with van der Waals surface area (Å²) in [5.41, 5.74) is 3.59. The second-order valence-electron chi connectivity index (χ2n) is 7.95. The van der Waals surface area contributed by atoms with Gasteiger partial charge in [0, 0.05) is 29.8 Å². The third-order valence-corrected chi connectivity index (χ3v) is 6.46. The van der Waals surface area contributed by atoms with Crippen LogP contribution in [0.2, 0.25) is 0 Å². The molecular weight excluding hydrogens is 616 g/mol. The second-order valence-corrected chi connectivity index (χ2v) is 9.07. The van der Waals surface area contributed by atoms with Gasteiger partial charge in [-0.15, -0.1) is 0 Å². The highest BCUT2D eigenvalue weighted by Crippen LogP contribution is 2.18. The molecular formula is C24H32Br2N4O7. The maximum atomic E-state index is 12.4. The summed E-state index contributed by atoms with van der Waals surface area (Å²) in [5.74, 6) is -1.56. The maximum Gasteiger partial charge on any atom is 0.326 e. The molecule has 204 valence electrons. The average molecular weight is 648 g/mol. The molecule has 2 aromatic rings. The Morgan fingerprint density at radius 2 is 1.51 bits per heavy atom. The number of likely N-dealkylation sites (N-methyl/N-ethyl adjacent to an activating group) is 1. The molecule has 2 N–H and O–H groups in total. The van der Waals surface area contributed by atoms with Crippen LogP contribution in [0, 0.1) is 0 Å². The normalized spacial score (nSPS) is 11.9. The van der Waals surface area contributed by atoms with Crippen LogP contribution in [0.1, 0.15) is 35.1 Å². The standard InChI is InChI=1S/C24H32Br2N4O7/c1-16(24(33)34)30(2)22(31)5-7-35-9-11-37-12-10-36-8-6-27-23(32)17-3-4-18-19(13-17)29-21(15-26)20(14-25)28-18/h3-4,13,16H,5-12,14-15H2,1-2H3,(H,27,32)(H,33,34)/t16-/m1/s1. The average Bonchev–Trinajstić information content (AvgIpc) is 2.91. The van der Waals surface area contributed by atoms with Gasteiger partial charge in [-0.1, -0.05) is 31.9 Å². The monoisotopic (exact) mass is 646 g/mol. The first kappa shape index (κ1) is 31.0. The number of fused-ring (bicyclic) bond motifs is 1. The van der Waals surface area contributed by atoms with E-state index in [-0.39, 0.29) is 24.8 Å². The summed E-state index contributed by atoms with van der Waals surface area (Å²) in [6.45, 7) is 3.71. The Morgan fingerprint density at radius 3 is 2.11 bits per heavy atom. The van der Waals surface area contributed by atoms with E-state index in [0.29, 0.717) is 61.3 Å². The minimum Gasteiger partial charge on any atom is -0.480 e. The molecule has 0 saturated heterocycles. The van der Waals surface area contributed by atoms with Crippen LogP contribution in [-0.4, -0.2) is 97.0 Å². The fourth-order valence-electron chi connectivity index (χ4n) is 3.08. The zero-order valence-corrected chi connectivity index (χ0v) is 24.0. The van der Waals surface area contributed by atoms with Gasteiger partial charge in [0.05, 0.1) is 68.5 Å². The number of halogens is 2. The molecule has 1 atom stereocenters. The molecule has 2 amide bonds. The van der Waals surface area contributed by atoms with E-state index in [1.54, 1.807) is 18.2 Å². The third kappa shape index (κ3) is 10.2. The Morgan fingerprint density at radius 1 is 0.946 bits per heavy atom. The fraction of sp³-hybridized carbons (Fsp3) is 0.542. The van der Waals surface area contributed by atoms with Crippen LogP contribution in [0.5, 0.6) is 0 Å². The van der Waals surface area contributed by atoms with E-state index in [1.807, 2.05) is 0 Å². The van der Waals surface area contributed by atoms with Crippen molar-refractivity contribution in [3.63, 3.8) is 0 Å². The molecule has 11 nitrogen and oxygen atoms in total. The van der Waals surface area contributed by atoms with E-state index in [2.05, 4.69) is 47.1 Å². The van der Waals surface area contributed by atoms with Gasteiger partial charge >= 0.3 is 5.97 Å². The number of benzene rings is 1. The number of nitrogens with zero attached hydrogens (tertiary/aromatic N) is 3. The van der Waals surface area contributed by atoms with Crippen molar-refractivity contribution in [3.8, 4) is 0 Å². The molecule has 2 rings (SSSR count). The van der Waals surface area contributed by atoms with E-state index in [4.69, 9.17) is 19.3 Å². The number of carbonyl (C=O) groups excluding carboxylic acids is 2. The lowest BCUT2D eigenvalue weighted by Crippen LogP contribution is -2.40. The SMILES string of the molecule is C[C@H](C(=O)O)N(C)C(=O)CCOCCOCCOCCNC(=O)c1ccc2nc(CBr)c(CBr)nc2c1. The van der Waals surface area contributed by atoms with Gasteiger partial charge in [-0.25, -0.2) is 14.8 Å². The van der Waals surface area contributed by atoms with Crippen molar-refractivity contribution < 1.29 is 33.7 Å². The number of carboxylic acids is 1. The molecule has 0 aliphatic rings. The van der Waals surface area contributed by atoms with Gasteiger partial charge < -0.3 is 29.5 Å². The Balaban J connectivity index is 1.54. The Kier molecular flexibility index (Phi) is 13.9. The number of aliphatic carboxylic acids is 1. The highest BCUT2D eigenvalue weighted by molar-refractivity contribution is 9.09. The molecule has 0 saturated carbocycles. The van der Waals surface area contributed by atoms with Gasteiger partial charge in [-0.3, -0.25) is 9.59 Å². The summed E-state index contributed by atoms with van der Waals surface area (Å²) in [7, 11) is 1.45. The number of ether oxygens (including phenoxy) is 3. The first-order valence-electron chi connectivity index (χ1n) is 11.7. The summed E-state index contributed by atoms with van der Waals surface area (Å²) >= 11 is 6.83. The quantitative estimate of drug-likeness (QED) is 0.196. The van der Waals surface area contributed by atoms with Crippen molar-refractivity contribution in [1.82, 2.24) is 20.2 Å². The third-order valence-electron chi connectivity index (χ3n) is 5.40. The number of nitrogens with one attached hydrogen (secondary N) is 1. The Bertz CT molecular complexity index is 1060. The minimum atomic E-state index is -1.05. The number of amides is 2. The van der Waals surface area contributed by atoms with Crippen molar-refractivity contribution in [3.05, 3.63) is 35.2 Å². The summed E-state index contributed by atoms with van der Waals surface area (Å²) in [4.78, 5) is 45.6. The Hall–Kier alpha value is -2.19. The van der Waals surface area contributed by atoms with E-state index >= 15 is 0 Å². The number of rotatable bonds is 17. The maximum absolute atomic E-state index is 12.4. The van der Waals surface area contributed by atoms with Crippen molar-refractivity contribution >= 4 is 60.7 Å². The highest BCUT2D eigenvalue weighted by atomic mass is 79.9. The van der Waals surface area contributed by atoms with Gasteiger partial charge in [-0.05, 0) is 25.1 Å².